The van der Waals surface area contributed by atoms with Crippen LogP contribution in [0.2, 0.25) is 0 Å². The molecule has 1 aliphatic carbocycles. The van der Waals surface area contributed by atoms with Gasteiger partial charge in [-0.05, 0) is 54.7 Å². The first-order valence-electron chi connectivity index (χ1n) is 8.51. The maximum absolute atomic E-state index is 12.2. The summed E-state index contributed by atoms with van der Waals surface area (Å²) < 4.78 is 26.7. The lowest BCUT2D eigenvalue weighted by Crippen LogP contribution is -2.27. The number of amides is 1. The number of hydrogen-bond acceptors (Lipinski definition) is 5. The van der Waals surface area contributed by atoms with Crippen molar-refractivity contribution in [3.63, 3.8) is 0 Å². The van der Waals surface area contributed by atoms with Gasteiger partial charge in [-0.25, -0.2) is 13.1 Å². The Hall–Kier alpha value is -2.78. The number of sulfonamides is 1. The Kier molecular flexibility index (Phi) is 5.52. The largest absolute Gasteiger partial charge is 0.326 e. The number of hydrogen-bond donors (Lipinski definition) is 2. The lowest BCUT2D eigenvalue weighted by atomic mass is 10.1. The van der Waals surface area contributed by atoms with Gasteiger partial charge in [0.2, 0.25) is 15.9 Å². The molecule has 8 nitrogen and oxygen atoms in total. The maximum Gasteiger partial charge on any atom is 0.269 e. The van der Waals surface area contributed by atoms with Gasteiger partial charge in [-0.3, -0.25) is 14.9 Å². The summed E-state index contributed by atoms with van der Waals surface area (Å²) >= 11 is 0. The Balaban J connectivity index is 1.52. The molecule has 1 aliphatic rings. The van der Waals surface area contributed by atoms with Crippen molar-refractivity contribution in [3.8, 4) is 0 Å². The van der Waals surface area contributed by atoms with Crippen molar-refractivity contribution in [2.75, 3.05) is 11.9 Å². The van der Waals surface area contributed by atoms with E-state index in [2.05, 4.69) is 10.0 Å². The standard InChI is InChI=1S/C18H19N3O5S/c22-18(20-15-5-4-13-2-1-3-14(13)12-15)10-11-19-27(25,26)17-8-6-16(7-9-17)21(23)24/h4-9,12,19H,1-3,10-11H2,(H,20,22). The van der Waals surface area contributed by atoms with Gasteiger partial charge in [-0.1, -0.05) is 6.07 Å². The fourth-order valence-corrected chi connectivity index (χ4v) is 4.03. The van der Waals surface area contributed by atoms with E-state index in [9.17, 15) is 23.3 Å². The molecule has 9 heteroatoms. The van der Waals surface area contributed by atoms with E-state index in [-0.39, 0.29) is 29.5 Å². The number of fused-ring (bicyclic) bond motifs is 1. The Labute approximate surface area is 156 Å². The van der Waals surface area contributed by atoms with Crippen molar-refractivity contribution in [3.05, 3.63) is 63.7 Å². The van der Waals surface area contributed by atoms with Gasteiger partial charge in [-0.2, -0.15) is 0 Å². The van der Waals surface area contributed by atoms with E-state index in [0.29, 0.717) is 5.69 Å². The Bertz CT molecular complexity index is 971. The number of anilines is 1. The van der Waals surface area contributed by atoms with Gasteiger partial charge in [0, 0.05) is 30.8 Å². The molecular weight excluding hydrogens is 370 g/mol. The molecule has 0 bridgehead atoms. The normalized spacial score (nSPS) is 13.2. The molecule has 1 amide bonds. The van der Waals surface area contributed by atoms with Crippen LogP contribution in [0.5, 0.6) is 0 Å². The van der Waals surface area contributed by atoms with Crippen molar-refractivity contribution in [2.24, 2.45) is 0 Å². The van der Waals surface area contributed by atoms with Gasteiger partial charge < -0.3 is 5.32 Å². The predicted molar refractivity (Wildman–Crippen MR) is 100.0 cm³/mol. The number of carbonyl (C=O) groups excluding carboxylic acids is 1. The maximum atomic E-state index is 12.2. The molecular formula is C18H19N3O5S. The predicted octanol–water partition coefficient (Wildman–Crippen LogP) is 2.39. The second-order valence-electron chi connectivity index (χ2n) is 6.28. The quantitative estimate of drug-likeness (QED) is 0.557. The first-order chi connectivity index (χ1) is 12.8. The minimum Gasteiger partial charge on any atom is -0.326 e. The minimum absolute atomic E-state index is 0.0245. The second-order valence-corrected chi connectivity index (χ2v) is 8.05. The van der Waals surface area contributed by atoms with E-state index < -0.39 is 14.9 Å². The van der Waals surface area contributed by atoms with Crippen LogP contribution in [0.15, 0.2) is 47.4 Å². The summed E-state index contributed by atoms with van der Waals surface area (Å²) in [4.78, 5) is 22.0. The molecule has 27 heavy (non-hydrogen) atoms. The van der Waals surface area contributed by atoms with Crippen LogP contribution in [0.3, 0.4) is 0 Å². The Morgan fingerprint density at radius 3 is 2.48 bits per heavy atom. The van der Waals surface area contributed by atoms with E-state index in [1.54, 1.807) is 0 Å². The zero-order chi connectivity index (χ0) is 19.4. The van der Waals surface area contributed by atoms with Crippen LogP contribution >= 0.6 is 0 Å². The number of nitro benzene ring substituents is 1. The van der Waals surface area contributed by atoms with Crippen LogP contribution in [-0.2, 0) is 27.7 Å². The van der Waals surface area contributed by atoms with E-state index >= 15 is 0 Å². The molecule has 2 aromatic carbocycles. The fraction of sp³-hybridized carbons (Fsp3) is 0.278. The molecule has 0 unspecified atom stereocenters. The van der Waals surface area contributed by atoms with Crippen molar-refractivity contribution in [1.82, 2.24) is 4.72 Å². The number of benzene rings is 2. The number of nitro groups is 1. The van der Waals surface area contributed by atoms with Gasteiger partial charge in [0.05, 0.1) is 9.82 Å². The molecule has 3 rings (SSSR count). The van der Waals surface area contributed by atoms with Gasteiger partial charge in [0.25, 0.3) is 5.69 Å². The first-order valence-corrected chi connectivity index (χ1v) is 9.99. The average molecular weight is 389 g/mol. The fourth-order valence-electron chi connectivity index (χ4n) is 3.00. The molecule has 2 aromatic rings. The highest BCUT2D eigenvalue weighted by atomic mass is 32.2. The summed E-state index contributed by atoms with van der Waals surface area (Å²) in [7, 11) is -3.83. The molecule has 0 saturated carbocycles. The average Bonchev–Trinajstić information content (AvgIpc) is 3.09. The van der Waals surface area contributed by atoms with Crippen molar-refractivity contribution in [2.45, 2.75) is 30.6 Å². The second kappa shape index (κ2) is 7.85. The third kappa shape index (κ3) is 4.69. The Morgan fingerprint density at radius 1 is 1.07 bits per heavy atom. The molecule has 2 N–H and O–H groups in total. The first kappa shape index (κ1) is 19.0. The van der Waals surface area contributed by atoms with Crippen LogP contribution in [0.25, 0.3) is 0 Å². The van der Waals surface area contributed by atoms with Crippen LogP contribution in [-0.4, -0.2) is 25.8 Å². The van der Waals surface area contributed by atoms with Crippen LogP contribution in [0.1, 0.15) is 24.0 Å². The van der Waals surface area contributed by atoms with E-state index in [4.69, 9.17) is 0 Å². The van der Waals surface area contributed by atoms with Gasteiger partial charge >= 0.3 is 0 Å². The summed E-state index contributed by atoms with van der Waals surface area (Å²) in [6.07, 6.45) is 3.17. The SMILES string of the molecule is O=C(CCNS(=O)(=O)c1ccc([N+](=O)[O-])cc1)Nc1ccc2c(c1)CCC2. The monoisotopic (exact) mass is 389 g/mol. The highest BCUT2D eigenvalue weighted by molar-refractivity contribution is 7.89. The number of aryl methyl sites for hydroxylation is 2. The Morgan fingerprint density at radius 2 is 1.78 bits per heavy atom. The van der Waals surface area contributed by atoms with Crippen LogP contribution in [0, 0.1) is 10.1 Å². The van der Waals surface area contributed by atoms with E-state index in [1.165, 1.54) is 11.1 Å². The molecule has 142 valence electrons. The van der Waals surface area contributed by atoms with E-state index in [0.717, 1.165) is 43.5 Å². The summed E-state index contributed by atoms with van der Waals surface area (Å²) in [5.41, 5.74) is 3.07. The molecule has 0 saturated heterocycles. The van der Waals surface area contributed by atoms with Gasteiger partial charge in [0.15, 0.2) is 0 Å². The van der Waals surface area contributed by atoms with Gasteiger partial charge in [0.1, 0.15) is 0 Å². The van der Waals surface area contributed by atoms with Crippen LogP contribution in [0.4, 0.5) is 11.4 Å². The number of non-ortho nitro benzene ring substituents is 1. The molecule has 0 fully saturated rings. The van der Waals surface area contributed by atoms with Gasteiger partial charge in [-0.15, -0.1) is 0 Å². The third-order valence-electron chi connectivity index (χ3n) is 4.38. The molecule has 0 spiro atoms. The minimum atomic E-state index is -3.83. The number of carbonyl (C=O) groups is 1. The van der Waals surface area contributed by atoms with Crippen molar-refractivity contribution in [1.29, 1.82) is 0 Å². The number of nitrogens with one attached hydrogen (secondary N) is 2. The topological polar surface area (TPSA) is 118 Å². The zero-order valence-corrected chi connectivity index (χ0v) is 15.3. The number of nitrogens with zero attached hydrogens (tertiary/aromatic N) is 1. The smallest absolute Gasteiger partial charge is 0.269 e. The third-order valence-corrected chi connectivity index (χ3v) is 5.86. The highest BCUT2D eigenvalue weighted by Crippen LogP contribution is 2.25. The van der Waals surface area contributed by atoms with Crippen LogP contribution < -0.4 is 10.0 Å². The summed E-state index contributed by atoms with van der Waals surface area (Å²) in [5, 5.41) is 13.4. The zero-order valence-electron chi connectivity index (χ0n) is 14.5. The highest BCUT2D eigenvalue weighted by Gasteiger charge is 2.16. The molecule has 0 radical (unpaired) electrons. The number of rotatable bonds is 7. The summed E-state index contributed by atoms with van der Waals surface area (Å²) in [5.74, 6) is -0.292. The molecule has 0 heterocycles. The molecule has 0 aromatic heterocycles. The lowest BCUT2D eigenvalue weighted by Gasteiger charge is -2.09. The van der Waals surface area contributed by atoms with Crippen molar-refractivity contribution >= 4 is 27.3 Å². The summed E-state index contributed by atoms with van der Waals surface area (Å²) in [6.45, 7) is -0.0733. The lowest BCUT2D eigenvalue weighted by molar-refractivity contribution is -0.384. The van der Waals surface area contributed by atoms with E-state index in [1.807, 2.05) is 18.2 Å². The summed E-state index contributed by atoms with van der Waals surface area (Å²) in [6, 6.07) is 10.4. The molecule has 0 aliphatic heterocycles. The van der Waals surface area contributed by atoms with Crippen molar-refractivity contribution < 1.29 is 18.1 Å². The molecule has 0 atom stereocenters.